The first-order valence-electron chi connectivity index (χ1n) is 6.24. The van der Waals surface area contributed by atoms with Crippen LogP contribution in [-0.4, -0.2) is 35.5 Å². The van der Waals surface area contributed by atoms with Gasteiger partial charge in [-0.1, -0.05) is 27.5 Å². The zero-order chi connectivity index (χ0) is 14.0. The van der Waals surface area contributed by atoms with E-state index in [0.717, 1.165) is 24.3 Å². The normalized spacial score (nSPS) is 21.9. The number of carbonyl (C=O) groups is 1. The van der Waals surface area contributed by atoms with E-state index in [1.54, 1.807) is 22.7 Å². The molecule has 1 amide bonds. The Hall–Kier alpha value is -0.190. The molecule has 5 heteroatoms. The molecule has 1 aliphatic rings. The van der Waals surface area contributed by atoms with Crippen LogP contribution in [0.1, 0.15) is 23.2 Å². The van der Waals surface area contributed by atoms with E-state index in [1.165, 1.54) is 0 Å². The lowest BCUT2D eigenvalue weighted by Crippen LogP contribution is -2.37. The fourth-order valence-corrected chi connectivity index (χ4v) is 3.97. The number of carbonyl (C=O) groups excluding carboxylic acids is 1. The Kier molecular flexibility index (Phi) is 5.21. The second-order valence-electron chi connectivity index (χ2n) is 4.97. The lowest BCUT2D eigenvalue weighted by molar-refractivity contribution is 0.0748. The van der Waals surface area contributed by atoms with Gasteiger partial charge < -0.3 is 4.90 Å². The van der Waals surface area contributed by atoms with Crippen molar-refractivity contribution in [1.82, 2.24) is 4.90 Å². The smallest absolute Gasteiger partial charge is 0.255 e. The van der Waals surface area contributed by atoms with Gasteiger partial charge in [0.2, 0.25) is 0 Å². The average molecular weight is 363 g/mol. The predicted molar refractivity (Wildman–Crippen MR) is 85.6 cm³/mol. The van der Waals surface area contributed by atoms with Crippen LogP contribution in [0.25, 0.3) is 0 Å². The Morgan fingerprint density at radius 3 is 2.79 bits per heavy atom. The standard InChI is InChI=1S/C14H17BrClNOS/c1-17(8-9-5-10(15)6-9)14(18)12-7-11(19-2)3-4-13(12)16/h3-4,7,9-10H,5-6,8H2,1-2H3. The molecule has 2 rings (SSSR count). The van der Waals surface area contributed by atoms with Crippen LogP contribution in [0.15, 0.2) is 23.1 Å². The van der Waals surface area contributed by atoms with Gasteiger partial charge in [-0.25, -0.2) is 0 Å². The van der Waals surface area contributed by atoms with Crippen LogP contribution >= 0.6 is 39.3 Å². The Morgan fingerprint density at radius 1 is 1.53 bits per heavy atom. The first kappa shape index (κ1) is 15.2. The summed E-state index contributed by atoms with van der Waals surface area (Å²) in [5.74, 6) is 0.625. The second kappa shape index (κ2) is 6.51. The van der Waals surface area contributed by atoms with Gasteiger partial charge in [0.15, 0.2) is 0 Å². The van der Waals surface area contributed by atoms with Crippen LogP contribution in [0.4, 0.5) is 0 Å². The van der Waals surface area contributed by atoms with E-state index >= 15 is 0 Å². The molecular formula is C14H17BrClNOS. The Labute approximate surface area is 132 Å². The number of alkyl halides is 1. The fraction of sp³-hybridized carbons (Fsp3) is 0.500. The van der Waals surface area contributed by atoms with Crippen LogP contribution < -0.4 is 0 Å². The van der Waals surface area contributed by atoms with Gasteiger partial charge in [0, 0.05) is 23.3 Å². The number of halogens is 2. The molecule has 1 fully saturated rings. The first-order chi connectivity index (χ1) is 9.01. The molecule has 0 spiro atoms. The van der Waals surface area contributed by atoms with Gasteiger partial charge in [0.05, 0.1) is 10.6 Å². The number of hydrogen-bond donors (Lipinski definition) is 0. The lowest BCUT2D eigenvalue weighted by atomic mass is 9.85. The van der Waals surface area contributed by atoms with E-state index in [9.17, 15) is 4.79 Å². The highest BCUT2D eigenvalue weighted by atomic mass is 79.9. The number of rotatable bonds is 4. The number of thioether (sulfide) groups is 1. The maximum atomic E-state index is 12.4. The summed E-state index contributed by atoms with van der Waals surface area (Å²) in [7, 11) is 1.85. The minimum atomic E-state index is 0.0129. The number of amides is 1. The van der Waals surface area contributed by atoms with E-state index in [1.807, 2.05) is 25.4 Å². The van der Waals surface area contributed by atoms with E-state index in [0.29, 0.717) is 21.3 Å². The molecule has 0 unspecified atom stereocenters. The summed E-state index contributed by atoms with van der Waals surface area (Å²) in [6.07, 6.45) is 4.29. The van der Waals surface area contributed by atoms with Crippen LogP contribution in [0.2, 0.25) is 5.02 Å². The summed E-state index contributed by atoms with van der Waals surface area (Å²) in [4.78, 5) is 15.9. The van der Waals surface area contributed by atoms with Crippen molar-refractivity contribution in [3.63, 3.8) is 0 Å². The third kappa shape index (κ3) is 3.67. The zero-order valence-electron chi connectivity index (χ0n) is 11.0. The molecule has 0 N–H and O–H groups in total. The Morgan fingerprint density at radius 2 is 2.21 bits per heavy atom. The highest BCUT2D eigenvalue weighted by Crippen LogP contribution is 2.34. The van der Waals surface area contributed by atoms with Gasteiger partial charge in [-0.3, -0.25) is 4.79 Å². The Bertz CT molecular complexity index is 477. The summed E-state index contributed by atoms with van der Waals surface area (Å²) >= 11 is 11.3. The SMILES string of the molecule is CSc1ccc(Cl)c(C(=O)N(C)CC2CC(Br)C2)c1. The van der Waals surface area contributed by atoms with E-state index in [2.05, 4.69) is 15.9 Å². The predicted octanol–water partition coefficient (Wildman–Crippen LogP) is 4.31. The van der Waals surface area contributed by atoms with Crippen LogP contribution in [0.3, 0.4) is 0 Å². The number of benzene rings is 1. The van der Waals surface area contributed by atoms with Crippen LogP contribution in [0, 0.1) is 5.92 Å². The number of nitrogens with zero attached hydrogens (tertiary/aromatic N) is 1. The third-order valence-corrected chi connectivity index (χ3v) is 5.26. The van der Waals surface area contributed by atoms with Crippen molar-refractivity contribution in [1.29, 1.82) is 0 Å². The van der Waals surface area contributed by atoms with Crippen molar-refractivity contribution in [2.24, 2.45) is 5.92 Å². The van der Waals surface area contributed by atoms with E-state index < -0.39 is 0 Å². The van der Waals surface area contributed by atoms with Gasteiger partial charge in [-0.2, -0.15) is 0 Å². The molecule has 1 aromatic rings. The van der Waals surface area contributed by atoms with Gasteiger partial charge in [0.25, 0.3) is 5.91 Å². The van der Waals surface area contributed by atoms with Gasteiger partial charge in [-0.05, 0) is 43.2 Å². The van der Waals surface area contributed by atoms with Crippen LogP contribution in [-0.2, 0) is 0 Å². The Balaban J connectivity index is 2.05. The summed E-state index contributed by atoms with van der Waals surface area (Å²) in [5.41, 5.74) is 0.603. The highest BCUT2D eigenvalue weighted by Gasteiger charge is 2.29. The molecule has 0 aliphatic heterocycles. The maximum Gasteiger partial charge on any atom is 0.255 e. The molecule has 0 bridgehead atoms. The van der Waals surface area contributed by atoms with E-state index in [-0.39, 0.29) is 5.91 Å². The third-order valence-electron chi connectivity index (χ3n) is 3.46. The quantitative estimate of drug-likeness (QED) is 0.587. The lowest BCUT2D eigenvalue weighted by Gasteiger charge is -2.34. The van der Waals surface area contributed by atoms with Crippen molar-refractivity contribution in [3.05, 3.63) is 28.8 Å². The minimum Gasteiger partial charge on any atom is -0.341 e. The molecule has 1 saturated carbocycles. The maximum absolute atomic E-state index is 12.4. The molecule has 104 valence electrons. The fourth-order valence-electron chi connectivity index (χ4n) is 2.27. The van der Waals surface area contributed by atoms with Crippen molar-refractivity contribution in [2.75, 3.05) is 19.8 Å². The molecule has 19 heavy (non-hydrogen) atoms. The molecule has 0 radical (unpaired) electrons. The molecule has 1 aliphatic carbocycles. The molecule has 0 heterocycles. The van der Waals surface area contributed by atoms with Gasteiger partial charge in [0.1, 0.15) is 0 Å². The molecule has 0 atom stereocenters. The molecule has 0 saturated heterocycles. The first-order valence-corrected chi connectivity index (χ1v) is 8.76. The monoisotopic (exact) mass is 361 g/mol. The summed E-state index contributed by atoms with van der Waals surface area (Å²) in [6, 6.07) is 5.61. The number of hydrogen-bond acceptors (Lipinski definition) is 2. The van der Waals surface area contributed by atoms with Crippen molar-refractivity contribution in [3.8, 4) is 0 Å². The van der Waals surface area contributed by atoms with Gasteiger partial charge in [-0.15, -0.1) is 11.8 Å². The largest absolute Gasteiger partial charge is 0.341 e. The second-order valence-corrected chi connectivity index (χ2v) is 7.55. The summed E-state index contributed by atoms with van der Waals surface area (Å²) in [5, 5.41) is 0.529. The van der Waals surface area contributed by atoms with Crippen molar-refractivity contribution < 1.29 is 4.79 Å². The van der Waals surface area contributed by atoms with E-state index in [4.69, 9.17) is 11.6 Å². The molecular weight excluding hydrogens is 346 g/mol. The molecule has 2 nitrogen and oxygen atoms in total. The molecule has 0 aromatic heterocycles. The van der Waals surface area contributed by atoms with Crippen molar-refractivity contribution >= 4 is 45.2 Å². The summed E-state index contributed by atoms with van der Waals surface area (Å²) in [6.45, 7) is 0.806. The minimum absolute atomic E-state index is 0.0129. The van der Waals surface area contributed by atoms with Gasteiger partial charge >= 0.3 is 0 Å². The average Bonchev–Trinajstić information content (AvgIpc) is 2.36. The van der Waals surface area contributed by atoms with Crippen molar-refractivity contribution in [2.45, 2.75) is 22.6 Å². The highest BCUT2D eigenvalue weighted by molar-refractivity contribution is 9.09. The topological polar surface area (TPSA) is 20.3 Å². The summed E-state index contributed by atoms with van der Waals surface area (Å²) < 4.78 is 0. The molecule has 1 aromatic carbocycles. The van der Waals surface area contributed by atoms with Crippen LogP contribution in [0.5, 0.6) is 0 Å². The zero-order valence-corrected chi connectivity index (χ0v) is 14.2.